The summed E-state index contributed by atoms with van der Waals surface area (Å²) in [5.74, 6) is 0.0435. The van der Waals surface area contributed by atoms with Crippen molar-refractivity contribution in [2.45, 2.75) is 92.0 Å². The van der Waals surface area contributed by atoms with E-state index in [1.54, 1.807) is 37.4 Å². The van der Waals surface area contributed by atoms with Gasteiger partial charge in [-0.2, -0.15) is 11.8 Å². The van der Waals surface area contributed by atoms with Gasteiger partial charge in [0.2, 0.25) is 5.91 Å². The third-order valence-electron chi connectivity index (χ3n) is 6.57. The minimum absolute atomic E-state index is 0.273. The molecule has 2 N–H and O–H groups in total. The molecule has 0 heterocycles. The molecular formula is C31H45N3O4S. The van der Waals surface area contributed by atoms with Crippen molar-refractivity contribution in [1.82, 2.24) is 10.2 Å². The molecule has 0 radical (unpaired) electrons. The van der Waals surface area contributed by atoms with Crippen LogP contribution in [-0.2, 0) is 14.3 Å². The second kappa shape index (κ2) is 14.4. The van der Waals surface area contributed by atoms with Crippen LogP contribution in [0.1, 0.15) is 75.8 Å². The van der Waals surface area contributed by atoms with E-state index in [-0.39, 0.29) is 17.9 Å². The lowest BCUT2D eigenvalue weighted by atomic mass is 9.98. The molecule has 3 atom stereocenters. The van der Waals surface area contributed by atoms with Crippen LogP contribution in [0.25, 0.3) is 0 Å². The summed E-state index contributed by atoms with van der Waals surface area (Å²) in [6, 6.07) is 11.5. The SMILES string of the molecule is CCC(C)N(C(=O)C(CCSC)NC(=O)OC(C)(C)C)C(C(=O)Nc1c(C)cccc1C)c1ccc(C)cc1. The Kier molecular flexibility index (Phi) is 11.9. The van der Waals surface area contributed by atoms with E-state index in [4.69, 9.17) is 4.74 Å². The number of alkyl carbamates (subject to hydrolysis) is 1. The predicted molar refractivity (Wildman–Crippen MR) is 161 cm³/mol. The normalized spacial score (nSPS) is 13.7. The van der Waals surface area contributed by atoms with Gasteiger partial charge in [-0.25, -0.2) is 4.79 Å². The zero-order valence-corrected chi connectivity index (χ0v) is 25.7. The fraction of sp³-hybridized carbons (Fsp3) is 0.516. The van der Waals surface area contributed by atoms with E-state index < -0.39 is 23.8 Å². The first kappa shape index (κ1) is 32.2. The third kappa shape index (κ3) is 9.31. The maximum absolute atomic E-state index is 14.3. The van der Waals surface area contributed by atoms with Crippen molar-refractivity contribution in [2.24, 2.45) is 0 Å². The number of hydrogen-bond acceptors (Lipinski definition) is 5. The Labute approximate surface area is 238 Å². The lowest BCUT2D eigenvalue weighted by molar-refractivity contribution is -0.143. The summed E-state index contributed by atoms with van der Waals surface area (Å²) in [6.45, 7) is 15.1. The Morgan fingerprint density at radius 3 is 2.10 bits per heavy atom. The van der Waals surface area contributed by atoms with Gasteiger partial charge >= 0.3 is 6.09 Å². The number of aryl methyl sites for hydroxylation is 3. The summed E-state index contributed by atoms with van der Waals surface area (Å²) in [4.78, 5) is 42.8. The first-order chi connectivity index (χ1) is 18.3. The number of thioether (sulfide) groups is 1. The zero-order chi connectivity index (χ0) is 29.3. The standard InChI is InChI=1S/C31H45N3O4S/c1-10-23(5)34(29(36)25(18-19-39-9)32-30(37)38-31(6,7)8)27(24-16-14-20(2)15-17-24)28(35)33-26-21(3)12-11-13-22(26)4/h11-17,23,25,27H,10,18-19H2,1-9H3,(H,32,37)(H,33,35). The molecule has 2 aromatic rings. The molecule has 0 spiro atoms. The van der Waals surface area contributed by atoms with Crippen LogP contribution in [0.4, 0.5) is 10.5 Å². The molecule has 39 heavy (non-hydrogen) atoms. The van der Waals surface area contributed by atoms with Crippen molar-refractivity contribution < 1.29 is 19.1 Å². The number of amides is 3. The van der Waals surface area contributed by atoms with Gasteiger partial charge in [-0.1, -0.05) is 55.0 Å². The Bertz CT molecular complexity index is 1110. The van der Waals surface area contributed by atoms with Crippen LogP contribution in [0, 0.1) is 20.8 Å². The van der Waals surface area contributed by atoms with Gasteiger partial charge in [0.05, 0.1) is 0 Å². The molecule has 214 valence electrons. The van der Waals surface area contributed by atoms with Gasteiger partial charge in [0.25, 0.3) is 5.91 Å². The molecular weight excluding hydrogens is 510 g/mol. The molecule has 0 bridgehead atoms. The molecule has 0 aliphatic heterocycles. The summed E-state index contributed by atoms with van der Waals surface area (Å²) in [6.07, 6.45) is 2.34. The second-order valence-electron chi connectivity index (χ2n) is 11.1. The quantitative estimate of drug-likeness (QED) is 0.328. The van der Waals surface area contributed by atoms with Crippen LogP contribution in [0.2, 0.25) is 0 Å². The molecule has 0 aliphatic rings. The molecule has 2 aromatic carbocycles. The summed E-state index contributed by atoms with van der Waals surface area (Å²) >= 11 is 1.59. The number of nitrogens with zero attached hydrogens (tertiary/aromatic N) is 1. The summed E-state index contributed by atoms with van der Waals surface area (Å²) in [5.41, 5.74) is 3.68. The fourth-order valence-corrected chi connectivity index (χ4v) is 4.78. The molecule has 2 rings (SSSR count). The number of para-hydroxylation sites is 1. The van der Waals surface area contributed by atoms with Gasteiger partial charge in [-0.3, -0.25) is 9.59 Å². The molecule has 8 heteroatoms. The maximum Gasteiger partial charge on any atom is 0.408 e. The zero-order valence-electron chi connectivity index (χ0n) is 24.9. The van der Waals surface area contributed by atoms with Gasteiger partial charge in [-0.05, 0) is 90.0 Å². The highest BCUT2D eigenvalue weighted by Gasteiger charge is 2.38. The van der Waals surface area contributed by atoms with Crippen LogP contribution in [0.3, 0.4) is 0 Å². The minimum Gasteiger partial charge on any atom is -0.444 e. The molecule has 3 unspecified atom stereocenters. The minimum atomic E-state index is -0.899. The Morgan fingerprint density at radius 1 is 1.00 bits per heavy atom. The summed E-state index contributed by atoms with van der Waals surface area (Å²) < 4.78 is 5.47. The second-order valence-corrected chi connectivity index (χ2v) is 12.0. The number of rotatable bonds is 11. The van der Waals surface area contributed by atoms with Gasteiger partial charge in [0, 0.05) is 11.7 Å². The van der Waals surface area contributed by atoms with Crippen LogP contribution in [0.15, 0.2) is 42.5 Å². The van der Waals surface area contributed by atoms with Crippen molar-refractivity contribution in [3.63, 3.8) is 0 Å². The number of carbonyl (C=O) groups excluding carboxylic acids is 3. The lowest BCUT2D eigenvalue weighted by Gasteiger charge is -2.38. The van der Waals surface area contributed by atoms with E-state index in [0.717, 1.165) is 22.4 Å². The summed E-state index contributed by atoms with van der Waals surface area (Å²) in [5, 5.41) is 5.90. The molecule has 0 aromatic heterocycles. The molecule has 3 amide bonds. The number of hydrogen-bond donors (Lipinski definition) is 2. The van der Waals surface area contributed by atoms with Crippen molar-refractivity contribution in [3.8, 4) is 0 Å². The highest BCUT2D eigenvalue weighted by atomic mass is 32.2. The number of nitrogens with one attached hydrogen (secondary N) is 2. The summed E-state index contributed by atoms with van der Waals surface area (Å²) in [7, 11) is 0. The van der Waals surface area contributed by atoms with E-state index in [0.29, 0.717) is 24.2 Å². The van der Waals surface area contributed by atoms with Gasteiger partial charge in [0.1, 0.15) is 17.7 Å². The van der Waals surface area contributed by atoms with Gasteiger partial charge in [0.15, 0.2) is 0 Å². The molecule has 7 nitrogen and oxygen atoms in total. The van der Waals surface area contributed by atoms with Crippen molar-refractivity contribution in [1.29, 1.82) is 0 Å². The average Bonchev–Trinajstić information content (AvgIpc) is 2.86. The molecule has 0 saturated carbocycles. The smallest absolute Gasteiger partial charge is 0.408 e. The van der Waals surface area contributed by atoms with Crippen LogP contribution in [-0.4, -0.2) is 52.5 Å². The highest BCUT2D eigenvalue weighted by molar-refractivity contribution is 7.98. The van der Waals surface area contributed by atoms with Gasteiger partial charge in [-0.15, -0.1) is 0 Å². The van der Waals surface area contributed by atoms with E-state index in [1.165, 1.54) is 0 Å². The van der Waals surface area contributed by atoms with Crippen molar-refractivity contribution in [2.75, 3.05) is 17.3 Å². The van der Waals surface area contributed by atoms with Crippen LogP contribution >= 0.6 is 11.8 Å². The molecule has 0 fully saturated rings. The lowest BCUT2D eigenvalue weighted by Crippen LogP contribution is -2.55. The predicted octanol–water partition coefficient (Wildman–Crippen LogP) is 6.57. The average molecular weight is 556 g/mol. The largest absolute Gasteiger partial charge is 0.444 e. The Morgan fingerprint density at radius 2 is 1.59 bits per heavy atom. The van der Waals surface area contributed by atoms with Crippen LogP contribution in [0.5, 0.6) is 0 Å². The Balaban J connectivity index is 2.58. The number of benzene rings is 2. The first-order valence-corrected chi connectivity index (χ1v) is 14.9. The number of ether oxygens (including phenoxy) is 1. The first-order valence-electron chi connectivity index (χ1n) is 13.5. The van der Waals surface area contributed by atoms with Crippen molar-refractivity contribution >= 4 is 35.4 Å². The van der Waals surface area contributed by atoms with Gasteiger partial charge < -0.3 is 20.3 Å². The van der Waals surface area contributed by atoms with E-state index >= 15 is 0 Å². The van der Waals surface area contributed by atoms with Crippen molar-refractivity contribution in [3.05, 3.63) is 64.7 Å². The number of carbonyl (C=O) groups is 3. The van der Waals surface area contributed by atoms with E-state index in [1.807, 2.05) is 83.3 Å². The van der Waals surface area contributed by atoms with Crippen LogP contribution < -0.4 is 10.6 Å². The Hall–Kier alpha value is -3.00. The molecule has 0 saturated heterocycles. The molecule has 0 aliphatic carbocycles. The fourth-order valence-electron chi connectivity index (χ4n) is 4.31. The number of anilines is 1. The van der Waals surface area contributed by atoms with E-state index in [9.17, 15) is 14.4 Å². The topological polar surface area (TPSA) is 87.7 Å². The van der Waals surface area contributed by atoms with E-state index in [2.05, 4.69) is 10.6 Å². The highest BCUT2D eigenvalue weighted by Crippen LogP contribution is 2.30. The monoisotopic (exact) mass is 555 g/mol. The maximum atomic E-state index is 14.3. The third-order valence-corrected chi connectivity index (χ3v) is 7.21.